The van der Waals surface area contributed by atoms with Crippen molar-refractivity contribution in [3.63, 3.8) is 0 Å². The molecular weight excluding hydrogens is 1540 g/mol. The Morgan fingerprint density at radius 2 is 0.467 bits per heavy atom. The quantitative estimate of drug-likeness (QED) is 0.0526. The van der Waals surface area contributed by atoms with Crippen LogP contribution in [0.25, 0.3) is 0 Å². The summed E-state index contributed by atoms with van der Waals surface area (Å²) in [6, 6.07) is 0. The van der Waals surface area contributed by atoms with Crippen LogP contribution in [0, 0.1) is 0 Å². The molecule has 0 N–H and O–H groups in total. The molecule has 400 valence electrons. The average Bonchev–Trinajstić information content (AvgIpc) is 3.30. The van der Waals surface area contributed by atoms with E-state index in [1.165, 1.54) is 13.1 Å². The van der Waals surface area contributed by atoms with E-state index in [0.29, 0.717) is 0 Å². The van der Waals surface area contributed by atoms with Crippen LogP contribution < -0.4 is 0 Å². The van der Waals surface area contributed by atoms with E-state index in [-0.39, 0.29) is 0 Å². The smallest absolute Gasteiger partial charge is 0.533 e. The van der Waals surface area contributed by atoms with Gasteiger partial charge in [0.2, 0.25) is 9.28 Å². The largest absolute Gasteiger partial charge is 0.575 e. The molecule has 0 heterocycles. The monoisotopic (exact) mass is 1570 g/mol. The Morgan fingerprint density at radius 3 is 0.707 bits per heavy atom. The third-order valence-electron chi connectivity index (χ3n) is 8.04. The maximum absolute atomic E-state index is 13.3. The normalized spacial score (nSPS) is 11.6. The molecule has 0 unspecified atom stereocenters. The van der Waals surface area contributed by atoms with Crippen molar-refractivity contribution in [2.75, 3.05) is 0 Å². The molecule has 0 fully saturated rings. The lowest BCUT2D eigenvalue weighted by atomic mass is 11.8. The van der Waals surface area contributed by atoms with Crippen LogP contribution in [-0.4, -0.2) is 253 Å². The van der Waals surface area contributed by atoms with E-state index in [9.17, 15) is 116 Å². The maximum atomic E-state index is 13.3. The summed E-state index contributed by atoms with van der Waals surface area (Å²) in [5, 5.41) is 0. The molecule has 63 heteroatoms. The maximum Gasteiger partial charge on any atom is 0.533 e. The Bertz CT molecular complexity index is 2890. The lowest BCUT2D eigenvalue weighted by Crippen LogP contribution is -2.60. The third-order valence-corrected chi connectivity index (χ3v) is 225. The van der Waals surface area contributed by atoms with Gasteiger partial charge in [-0.2, -0.15) is 0 Å². The van der Waals surface area contributed by atoms with Gasteiger partial charge in [0, 0.05) is 0 Å². The topological polar surface area (TPSA) is 490 Å². The molecule has 0 bridgehead atoms. The molecule has 0 aliphatic carbocycles. The lowest BCUT2D eigenvalue weighted by molar-refractivity contribution is 0.377. The van der Waals surface area contributed by atoms with Crippen molar-refractivity contribution in [3.8, 4) is 0 Å². The van der Waals surface area contributed by atoms with Gasteiger partial charge in [0.05, 0.1) is 0 Å². The van der Waals surface area contributed by atoms with E-state index in [1.54, 1.807) is 39.3 Å². The molecule has 75 heavy (non-hydrogen) atoms. The van der Waals surface area contributed by atoms with Crippen LogP contribution in [0.2, 0.25) is 78.6 Å². The van der Waals surface area contributed by atoms with Gasteiger partial charge < -0.3 is 137 Å². The van der Waals surface area contributed by atoms with E-state index in [2.05, 4.69) is 0 Å². The number of hydrogen-bond acceptors (Lipinski definition) is 31. The summed E-state index contributed by atoms with van der Waals surface area (Å²) >= 11 is 0. The van der Waals surface area contributed by atoms with Gasteiger partial charge in [-0.25, -0.2) is 0 Å². The van der Waals surface area contributed by atoms with Gasteiger partial charge in [0.1, 0.15) is 0 Å². The highest BCUT2D eigenvalue weighted by atomic mass is 30.1. The SMILES string of the molecule is C[Si](C)(C)O[SiH2][Si](=O)[Si](=O)[Si](=O)[Si](=O)[Si](=O)[Si](=O)[Si](=O)[Si](=O)O[Si](C)(C)[Si](=O)[Si](=O)[Si](=O)[Si](=O)[Si](=O)[Si](=O)[Si](=O)[Si](=O)[Si](=O)O[Si](C)(C)[Si](=O)[Si](=O)[Si](=O)[Si](=O)[Si](=O)[Si](=O)[Si](=O)[Si](=O)[Si](=O)O[Si](C)(C)O[Si](C)(C)C. The van der Waals surface area contributed by atoms with Crippen molar-refractivity contribution in [1.29, 1.82) is 0 Å². The number of hydrogen-bond donors (Lipinski definition) is 0. The van der Waals surface area contributed by atoms with E-state index in [0.717, 1.165) is 26.2 Å². The summed E-state index contributed by atoms with van der Waals surface area (Å²) in [5.74, 6) is 0. The van der Waals surface area contributed by atoms with Gasteiger partial charge in [-0.15, -0.1) is 0 Å². The standard InChI is InChI=1S/C12H38O31Si32/c1-71(2,3)39-44-48(16)52(20)56(24)60(28)57(25)54(22)50(18)46(14)41-74(9,10)70(38)68(36)66(34)64(32)62(30)59(27)55(23)51(19)47(15)42-75(11,12)69(37)67(35)65(33)63(31)61(29)58(26)53(21)49(17)45(13)40-73(7,8)43-72(4,5)6/h44H2,1-12H3. The summed E-state index contributed by atoms with van der Waals surface area (Å²) in [4.78, 5) is 0. The molecular formula is C12H38O31Si32. The first-order valence-corrected chi connectivity index (χ1v) is 99.7. The van der Waals surface area contributed by atoms with E-state index < -0.39 is 253 Å². The number of rotatable bonds is 36. The molecule has 0 saturated carbocycles. The zero-order chi connectivity index (χ0) is 59.8. The van der Waals surface area contributed by atoms with Crippen molar-refractivity contribution >= 4 is 253 Å². The first kappa shape index (κ1) is 76.1. The predicted molar refractivity (Wildman–Crippen MR) is 281 cm³/mol. The highest BCUT2D eigenvalue weighted by Gasteiger charge is 2.59. The van der Waals surface area contributed by atoms with Crippen LogP contribution in [0.5, 0.6) is 0 Å². The Labute approximate surface area is 463 Å². The molecule has 0 saturated heterocycles. The summed E-state index contributed by atoms with van der Waals surface area (Å²) in [6.45, 7) is 16.8. The zero-order valence-corrected chi connectivity index (χ0v) is 73.3. The van der Waals surface area contributed by atoms with Gasteiger partial charge in [-0.3, -0.25) is 0 Å². The van der Waals surface area contributed by atoms with E-state index in [1.807, 2.05) is 0 Å². The Balaban J connectivity index is 5.86. The second-order valence-electron chi connectivity index (χ2n) is 17.9. The second kappa shape index (κ2) is 31.1. The fourth-order valence-electron chi connectivity index (χ4n) is 4.63. The molecule has 0 spiro atoms. The van der Waals surface area contributed by atoms with Crippen LogP contribution in [0.1, 0.15) is 0 Å². The molecule has 0 amide bonds. The molecule has 31 nitrogen and oxygen atoms in total. The average molecular weight is 1580 g/mol. The van der Waals surface area contributed by atoms with Gasteiger partial charge in [-0.05, 0) is 78.6 Å². The van der Waals surface area contributed by atoms with Crippen molar-refractivity contribution in [3.05, 3.63) is 0 Å². The van der Waals surface area contributed by atoms with Gasteiger partial charge in [0.25, 0.3) is 15.7 Å². The fourth-order valence-corrected chi connectivity index (χ4v) is 310. The van der Waals surface area contributed by atoms with Crippen LogP contribution in [0.15, 0.2) is 0 Å². The zero-order valence-electron chi connectivity index (χ0n) is 40.9. The molecule has 0 aromatic carbocycles. The Hall–Kier alpha value is 1.06. The molecule has 0 radical (unpaired) electrons. The van der Waals surface area contributed by atoms with Crippen molar-refractivity contribution in [1.82, 2.24) is 0 Å². The van der Waals surface area contributed by atoms with E-state index in [4.69, 9.17) is 20.6 Å². The van der Waals surface area contributed by atoms with Crippen LogP contribution >= 0.6 is 0 Å². The summed E-state index contributed by atoms with van der Waals surface area (Å²) in [7, 11) is -126. The highest BCUT2D eigenvalue weighted by Crippen LogP contribution is 2.15. The minimum Gasteiger partial charge on any atom is -0.575 e. The lowest BCUT2D eigenvalue weighted by Gasteiger charge is -2.30. The minimum absolute atomic E-state index is 0.867. The molecule has 0 rings (SSSR count). The molecule has 0 atom stereocenters. The van der Waals surface area contributed by atoms with Gasteiger partial charge in [0.15, 0.2) is 16.6 Å². The third kappa shape index (κ3) is 23.0. The molecule has 0 aromatic rings. The Kier molecular flexibility index (Phi) is 31.5. The molecule has 0 aromatic heterocycles. The molecule has 0 aliphatic rings. The first-order chi connectivity index (χ1) is 33.5. The van der Waals surface area contributed by atoms with Crippen molar-refractivity contribution in [2.45, 2.75) is 78.6 Å². The first-order valence-electron chi connectivity index (χ1n) is 20.0. The summed E-state index contributed by atoms with van der Waals surface area (Å²) < 4.78 is 361. The highest BCUT2D eigenvalue weighted by molar-refractivity contribution is 7.79. The molecule has 0 aliphatic heterocycles. The Morgan fingerprint density at radius 1 is 0.253 bits per heavy atom. The van der Waals surface area contributed by atoms with Gasteiger partial charge >= 0.3 is 211 Å². The summed E-state index contributed by atoms with van der Waals surface area (Å²) in [5.41, 5.74) is 0. The van der Waals surface area contributed by atoms with Crippen molar-refractivity contribution < 1.29 is 137 Å². The van der Waals surface area contributed by atoms with Crippen LogP contribution in [-0.2, 0) is 137 Å². The second-order valence-corrected chi connectivity index (χ2v) is 167. The van der Waals surface area contributed by atoms with Crippen LogP contribution in [0.3, 0.4) is 0 Å². The van der Waals surface area contributed by atoms with Gasteiger partial charge in [-0.1, -0.05) is 0 Å². The minimum atomic E-state index is -4.47. The van der Waals surface area contributed by atoms with E-state index >= 15 is 0 Å². The van der Waals surface area contributed by atoms with Crippen LogP contribution in [0.4, 0.5) is 0 Å². The predicted octanol–water partition coefficient (Wildman–Crippen LogP) is -9.15. The summed E-state index contributed by atoms with van der Waals surface area (Å²) in [6.07, 6.45) is 0. The van der Waals surface area contributed by atoms with Crippen molar-refractivity contribution in [2.24, 2.45) is 0 Å². The fraction of sp³-hybridized carbons (Fsp3) is 1.00.